The Morgan fingerprint density at radius 3 is 2.35 bits per heavy atom. The second-order valence-electron chi connectivity index (χ2n) is 13.5. The number of amides is 2. The first-order chi connectivity index (χ1) is 21.9. The van der Waals surface area contributed by atoms with Crippen molar-refractivity contribution < 1.29 is 27.5 Å². The number of alkyl halides is 3. The second kappa shape index (κ2) is 12.7. The maximum absolute atomic E-state index is 13.3. The molecule has 0 atom stereocenters. The molecule has 1 fully saturated rings. The predicted molar refractivity (Wildman–Crippen MR) is 169 cm³/mol. The molecular weight excluding hydrogens is 595 g/mol. The molecule has 6 rings (SSSR count). The van der Waals surface area contributed by atoms with Gasteiger partial charge in [-0.3, -0.25) is 9.48 Å². The van der Waals surface area contributed by atoms with Gasteiger partial charge in [0, 0.05) is 67.6 Å². The number of benzene rings is 2. The van der Waals surface area contributed by atoms with Gasteiger partial charge in [0.05, 0.1) is 17.8 Å². The normalized spacial score (nSPS) is 18.0. The second-order valence-corrected chi connectivity index (χ2v) is 13.5. The number of hydrogen-bond acceptors (Lipinski definition) is 5. The van der Waals surface area contributed by atoms with Gasteiger partial charge in [-0.1, -0.05) is 30.3 Å². The lowest BCUT2D eigenvalue weighted by Gasteiger charge is -2.41. The van der Waals surface area contributed by atoms with Gasteiger partial charge in [0.25, 0.3) is 0 Å². The first-order valence-electron chi connectivity index (χ1n) is 16.2. The zero-order chi connectivity index (χ0) is 32.6. The monoisotopic (exact) mass is 637 g/mol. The largest absolute Gasteiger partial charge is 0.444 e. The summed E-state index contributed by atoms with van der Waals surface area (Å²) in [4.78, 5) is 31.9. The van der Waals surface area contributed by atoms with E-state index in [1.54, 1.807) is 4.90 Å². The van der Waals surface area contributed by atoms with E-state index in [0.29, 0.717) is 37.2 Å². The third kappa shape index (κ3) is 6.94. The fourth-order valence-electron chi connectivity index (χ4n) is 6.91. The van der Waals surface area contributed by atoms with Crippen LogP contribution in [0.15, 0.2) is 48.5 Å². The minimum absolute atomic E-state index is 0.211. The smallest absolute Gasteiger partial charge is 0.416 e. The van der Waals surface area contributed by atoms with Crippen LogP contribution >= 0.6 is 0 Å². The van der Waals surface area contributed by atoms with E-state index in [-0.39, 0.29) is 18.5 Å². The van der Waals surface area contributed by atoms with Crippen molar-refractivity contribution in [3.05, 3.63) is 70.9 Å². The molecule has 1 saturated heterocycles. The van der Waals surface area contributed by atoms with Gasteiger partial charge in [-0.05, 0) is 76.8 Å². The Bertz CT molecular complexity index is 1570. The van der Waals surface area contributed by atoms with Gasteiger partial charge in [-0.25, -0.2) is 4.79 Å². The summed E-state index contributed by atoms with van der Waals surface area (Å²) in [6.45, 7) is 9.59. The number of likely N-dealkylation sites (tertiary alicyclic amines) is 1. The highest BCUT2D eigenvalue weighted by atomic mass is 19.4. The minimum Gasteiger partial charge on any atom is -0.444 e. The first-order valence-corrected chi connectivity index (χ1v) is 16.2. The fraction of sp³-hybridized carbons (Fsp3) is 0.514. The van der Waals surface area contributed by atoms with Crippen LogP contribution in [-0.2, 0) is 41.6 Å². The summed E-state index contributed by atoms with van der Waals surface area (Å²) in [5.41, 5.74) is 4.01. The van der Waals surface area contributed by atoms with Crippen molar-refractivity contribution in [2.45, 2.75) is 90.2 Å². The topological polar surface area (TPSA) is 70.9 Å². The molecule has 2 amide bonds. The number of para-hydroxylation sites is 1. The first kappa shape index (κ1) is 32.1. The van der Waals surface area contributed by atoms with E-state index in [1.807, 2.05) is 42.5 Å². The third-order valence-electron chi connectivity index (χ3n) is 9.17. The summed E-state index contributed by atoms with van der Waals surface area (Å²) in [7, 11) is 0. The lowest BCUT2D eigenvalue weighted by atomic mass is 9.95. The molecule has 2 aromatic carbocycles. The fourth-order valence-corrected chi connectivity index (χ4v) is 6.91. The number of carbonyl (C=O) groups is 2. The van der Waals surface area contributed by atoms with Crippen LogP contribution in [0.1, 0.15) is 68.8 Å². The average Bonchev–Trinajstić information content (AvgIpc) is 3.38. The van der Waals surface area contributed by atoms with Crippen molar-refractivity contribution in [2.24, 2.45) is 0 Å². The van der Waals surface area contributed by atoms with Gasteiger partial charge in [-0.2, -0.15) is 18.3 Å². The van der Waals surface area contributed by atoms with Crippen molar-refractivity contribution in [3.8, 4) is 11.3 Å². The Kier molecular flexibility index (Phi) is 8.89. The molecule has 4 heterocycles. The lowest BCUT2D eigenvalue weighted by molar-refractivity contribution is -0.137. The van der Waals surface area contributed by atoms with E-state index in [0.717, 1.165) is 74.4 Å². The highest BCUT2D eigenvalue weighted by Gasteiger charge is 2.34. The van der Waals surface area contributed by atoms with Crippen molar-refractivity contribution in [2.75, 3.05) is 31.1 Å². The molecule has 1 aromatic heterocycles. The Balaban J connectivity index is 1.13. The highest BCUT2D eigenvalue weighted by Crippen LogP contribution is 2.35. The highest BCUT2D eigenvalue weighted by molar-refractivity contribution is 5.97. The minimum atomic E-state index is -4.42. The Morgan fingerprint density at radius 2 is 1.65 bits per heavy atom. The van der Waals surface area contributed by atoms with E-state index in [2.05, 4.69) is 17.0 Å². The Morgan fingerprint density at radius 1 is 0.935 bits per heavy atom. The number of anilines is 1. The predicted octanol–water partition coefficient (Wildman–Crippen LogP) is 6.70. The van der Waals surface area contributed by atoms with Crippen LogP contribution in [0.2, 0.25) is 0 Å². The number of piperidine rings is 1. The standard InChI is InChI=1S/C35H42F3N5O3/c1-34(2,3)46-33(45)41-22-17-30-28(23-41)32(25-9-12-26(13-10-25)35(36,37)38)39-42(30)19-6-18-40-20-15-27(16-21-40)43-29-8-5-4-7-24(29)11-14-31(43)44/h4-5,7-10,12-13,27H,6,11,14-23H2,1-3H3. The maximum atomic E-state index is 13.3. The molecule has 46 heavy (non-hydrogen) atoms. The van der Waals surface area contributed by atoms with Crippen LogP contribution in [0.5, 0.6) is 0 Å². The van der Waals surface area contributed by atoms with E-state index in [1.165, 1.54) is 17.7 Å². The van der Waals surface area contributed by atoms with Crippen molar-refractivity contribution in [3.63, 3.8) is 0 Å². The number of nitrogens with zero attached hydrogens (tertiary/aromatic N) is 5. The van der Waals surface area contributed by atoms with Gasteiger partial charge in [0.2, 0.25) is 5.91 Å². The van der Waals surface area contributed by atoms with Gasteiger partial charge in [0.1, 0.15) is 5.60 Å². The number of aromatic nitrogens is 2. The Hall–Kier alpha value is -3.86. The molecule has 0 bridgehead atoms. The van der Waals surface area contributed by atoms with E-state index < -0.39 is 23.4 Å². The molecule has 3 aromatic rings. The number of aryl methyl sites for hydroxylation is 2. The van der Waals surface area contributed by atoms with Gasteiger partial charge >= 0.3 is 12.3 Å². The summed E-state index contributed by atoms with van der Waals surface area (Å²) in [5, 5.41) is 4.90. The van der Waals surface area contributed by atoms with Crippen LogP contribution < -0.4 is 4.90 Å². The van der Waals surface area contributed by atoms with Crippen LogP contribution in [0, 0.1) is 0 Å². The molecular formula is C35H42F3N5O3. The molecule has 0 spiro atoms. The summed E-state index contributed by atoms with van der Waals surface area (Å²) in [5.74, 6) is 0.217. The van der Waals surface area contributed by atoms with E-state index in [9.17, 15) is 22.8 Å². The zero-order valence-electron chi connectivity index (χ0n) is 26.8. The van der Waals surface area contributed by atoms with Gasteiger partial charge in [0.15, 0.2) is 0 Å². The van der Waals surface area contributed by atoms with Gasteiger partial charge in [-0.15, -0.1) is 0 Å². The number of rotatable bonds is 6. The van der Waals surface area contributed by atoms with Crippen LogP contribution in [0.3, 0.4) is 0 Å². The summed E-state index contributed by atoms with van der Waals surface area (Å²) < 4.78 is 47.4. The van der Waals surface area contributed by atoms with Crippen molar-refractivity contribution in [1.29, 1.82) is 0 Å². The number of ether oxygens (including phenoxy) is 1. The molecule has 11 heteroatoms. The summed E-state index contributed by atoms with van der Waals surface area (Å²) in [6.07, 6.45) is -0.178. The molecule has 0 unspecified atom stereocenters. The number of halogens is 3. The van der Waals surface area contributed by atoms with Crippen molar-refractivity contribution in [1.82, 2.24) is 19.6 Å². The molecule has 3 aliphatic rings. The van der Waals surface area contributed by atoms with E-state index >= 15 is 0 Å². The molecule has 8 nitrogen and oxygen atoms in total. The SMILES string of the molecule is CC(C)(C)OC(=O)N1CCc2c(c(-c3ccc(C(F)(F)F)cc3)nn2CCCN2CCC(N3C(=O)CCc4ccccc43)CC2)C1. The van der Waals surface area contributed by atoms with Crippen molar-refractivity contribution >= 4 is 17.7 Å². The van der Waals surface area contributed by atoms with Crippen LogP contribution in [0.4, 0.5) is 23.7 Å². The molecule has 0 N–H and O–H groups in total. The molecule has 246 valence electrons. The quantitative estimate of drug-likeness (QED) is 0.301. The number of hydrogen-bond donors (Lipinski definition) is 0. The molecule has 0 saturated carbocycles. The third-order valence-corrected chi connectivity index (χ3v) is 9.17. The number of fused-ring (bicyclic) bond motifs is 2. The Labute approximate surface area is 268 Å². The molecule has 0 aliphatic carbocycles. The van der Waals surface area contributed by atoms with E-state index in [4.69, 9.17) is 9.84 Å². The van der Waals surface area contributed by atoms with Gasteiger partial charge < -0.3 is 19.4 Å². The number of carbonyl (C=O) groups excluding carboxylic acids is 2. The maximum Gasteiger partial charge on any atom is 0.416 e. The molecule has 0 radical (unpaired) electrons. The zero-order valence-corrected chi connectivity index (χ0v) is 26.8. The van der Waals surface area contributed by atoms with Crippen LogP contribution in [0.25, 0.3) is 11.3 Å². The summed E-state index contributed by atoms with van der Waals surface area (Å²) >= 11 is 0. The average molecular weight is 638 g/mol. The lowest BCUT2D eigenvalue weighted by Crippen LogP contribution is -2.49. The molecule has 3 aliphatic heterocycles. The summed E-state index contributed by atoms with van der Waals surface area (Å²) in [6, 6.07) is 13.5. The van der Waals surface area contributed by atoms with Crippen LogP contribution in [-0.4, -0.2) is 69.4 Å².